The van der Waals surface area contributed by atoms with Crippen LogP contribution in [0.1, 0.15) is 11.6 Å². The Hall–Kier alpha value is -2.53. The number of hydrogen-bond acceptors (Lipinski definition) is 6. The summed E-state index contributed by atoms with van der Waals surface area (Å²) in [5, 5.41) is 16.8. The third kappa shape index (κ3) is 6.89. The van der Waals surface area contributed by atoms with E-state index in [4.69, 9.17) is 19.4 Å². The number of likely N-dealkylation sites (N-methyl/N-ethyl adjacent to an activating group) is 1. The molecule has 158 valence electrons. The van der Waals surface area contributed by atoms with Crippen LogP contribution in [0.2, 0.25) is 0 Å². The maximum Gasteiger partial charge on any atom is 0.490 e. The van der Waals surface area contributed by atoms with Crippen LogP contribution in [0, 0.1) is 0 Å². The molecule has 2 rings (SSSR count). The zero-order valence-electron chi connectivity index (χ0n) is 15.7. The van der Waals surface area contributed by atoms with Crippen molar-refractivity contribution in [2.75, 3.05) is 47.4 Å². The average Bonchev–Trinajstić information content (AvgIpc) is 2.62. The Labute approximate surface area is 160 Å². The minimum Gasteiger partial charge on any atom is -0.497 e. The van der Waals surface area contributed by atoms with Crippen molar-refractivity contribution in [3.8, 4) is 11.5 Å². The van der Waals surface area contributed by atoms with Crippen molar-refractivity contribution >= 4 is 11.9 Å². The van der Waals surface area contributed by atoms with Gasteiger partial charge in [0.25, 0.3) is 0 Å². The van der Waals surface area contributed by atoms with Gasteiger partial charge < -0.3 is 24.6 Å². The molecular weight excluding hydrogens is 385 g/mol. The summed E-state index contributed by atoms with van der Waals surface area (Å²) in [6.45, 7) is 3.19. The topological polar surface area (TPSA) is 99.5 Å². The van der Waals surface area contributed by atoms with Crippen LogP contribution in [0.5, 0.6) is 11.5 Å². The quantitative estimate of drug-likeness (QED) is 0.760. The highest BCUT2D eigenvalue weighted by Crippen LogP contribution is 2.30. The lowest BCUT2D eigenvalue weighted by molar-refractivity contribution is -0.192. The molecule has 0 bridgehead atoms. The van der Waals surface area contributed by atoms with E-state index in [1.54, 1.807) is 32.4 Å². The molecular formula is C17H23F3N2O6. The second-order valence-corrected chi connectivity index (χ2v) is 6.03. The number of alkyl halides is 3. The fraction of sp³-hybridized carbons (Fsp3) is 0.529. The van der Waals surface area contributed by atoms with Gasteiger partial charge in [-0.2, -0.15) is 13.2 Å². The molecule has 1 heterocycles. The largest absolute Gasteiger partial charge is 0.497 e. The number of rotatable bonds is 5. The summed E-state index contributed by atoms with van der Waals surface area (Å²) < 4.78 is 42.2. The first-order valence-electron chi connectivity index (χ1n) is 8.18. The minimum absolute atomic E-state index is 0.602. The SMILES string of the molecule is COc1cc(OC)cc(C(C(=O)O)N2CCN(C)CC2)c1.O=C(O)C(F)(F)F. The van der Waals surface area contributed by atoms with Crippen LogP contribution in [0.3, 0.4) is 0 Å². The van der Waals surface area contributed by atoms with E-state index >= 15 is 0 Å². The van der Waals surface area contributed by atoms with Crippen LogP contribution < -0.4 is 9.47 Å². The molecule has 1 aromatic rings. The Bertz CT molecular complexity index is 653. The van der Waals surface area contributed by atoms with Gasteiger partial charge in [0.2, 0.25) is 0 Å². The lowest BCUT2D eigenvalue weighted by Gasteiger charge is -2.36. The summed E-state index contributed by atoms with van der Waals surface area (Å²) >= 11 is 0. The van der Waals surface area contributed by atoms with Crippen LogP contribution in [-0.4, -0.2) is 85.6 Å². The van der Waals surface area contributed by atoms with Gasteiger partial charge in [-0.15, -0.1) is 0 Å². The Morgan fingerprint density at radius 3 is 1.75 bits per heavy atom. The summed E-state index contributed by atoms with van der Waals surface area (Å²) in [6.07, 6.45) is -5.08. The van der Waals surface area contributed by atoms with Gasteiger partial charge in [0.1, 0.15) is 17.5 Å². The van der Waals surface area contributed by atoms with E-state index in [1.165, 1.54) is 0 Å². The fourth-order valence-corrected chi connectivity index (χ4v) is 2.58. The number of aliphatic carboxylic acids is 2. The van der Waals surface area contributed by atoms with Crippen LogP contribution >= 0.6 is 0 Å². The first-order chi connectivity index (χ1) is 13.0. The number of halogens is 3. The van der Waals surface area contributed by atoms with Crippen molar-refractivity contribution in [1.82, 2.24) is 9.80 Å². The van der Waals surface area contributed by atoms with Gasteiger partial charge in [-0.3, -0.25) is 9.69 Å². The number of carboxylic acids is 2. The zero-order chi connectivity index (χ0) is 21.5. The smallest absolute Gasteiger partial charge is 0.490 e. The van der Waals surface area contributed by atoms with E-state index in [2.05, 4.69) is 4.90 Å². The lowest BCUT2D eigenvalue weighted by atomic mass is 10.0. The molecule has 0 amide bonds. The second-order valence-electron chi connectivity index (χ2n) is 6.03. The Morgan fingerprint density at radius 2 is 1.43 bits per heavy atom. The number of piperazine rings is 1. The first-order valence-corrected chi connectivity index (χ1v) is 8.18. The molecule has 1 fully saturated rings. The third-order valence-electron chi connectivity index (χ3n) is 4.07. The molecule has 0 saturated carbocycles. The predicted octanol–water partition coefficient (Wildman–Crippen LogP) is 1.71. The Kier molecular flexibility index (Phi) is 8.51. The fourth-order valence-electron chi connectivity index (χ4n) is 2.58. The molecule has 2 N–H and O–H groups in total. The van der Waals surface area contributed by atoms with Crippen molar-refractivity contribution in [3.05, 3.63) is 23.8 Å². The molecule has 0 aliphatic carbocycles. The highest BCUT2D eigenvalue weighted by Gasteiger charge is 2.38. The summed E-state index contributed by atoms with van der Waals surface area (Å²) in [5.74, 6) is -2.41. The van der Waals surface area contributed by atoms with Crippen molar-refractivity contribution in [2.24, 2.45) is 0 Å². The molecule has 1 unspecified atom stereocenters. The van der Waals surface area contributed by atoms with Crippen molar-refractivity contribution in [3.63, 3.8) is 0 Å². The molecule has 11 heteroatoms. The summed E-state index contributed by atoms with van der Waals surface area (Å²) in [7, 11) is 5.16. The van der Waals surface area contributed by atoms with Gasteiger partial charge in [0.05, 0.1) is 14.2 Å². The Balaban J connectivity index is 0.000000480. The molecule has 1 aliphatic rings. The highest BCUT2D eigenvalue weighted by molar-refractivity contribution is 5.76. The number of hydrogen-bond donors (Lipinski definition) is 2. The maximum absolute atomic E-state index is 11.7. The normalized spacial score (nSPS) is 16.5. The number of ether oxygens (including phenoxy) is 2. The molecule has 1 atom stereocenters. The third-order valence-corrected chi connectivity index (χ3v) is 4.07. The van der Waals surface area contributed by atoms with E-state index in [0.29, 0.717) is 17.1 Å². The number of benzene rings is 1. The maximum atomic E-state index is 11.7. The summed E-state index contributed by atoms with van der Waals surface area (Å²) in [4.78, 5) is 24.8. The van der Waals surface area contributed by atoms with Gasteiger partial charge in [0, 0.05) is 32.2 Å². The van der Waals surface area contributed by atoms with E-state index in [1.807, 2.05) is 11.9 Å². The molecule has 1 aliphatic heterocycles. The molecule has 28 heavy (non-hydrogen) atoms. The first kappa shape index (κ1) is 23.5. The monoisotopic (exact) mass is 408 g/mol. The second kappa shape index (κ2) is 10.1. The number of methoxy groups -OCH3 is 2. The lowest BCUT2D eigenvalue weighted by Crippen LogP contribution is -2.47. The van der Waals surface area contributed by atoms with E-state index in [0.717, 1.165) is 26.2 Å². The standard InChI is InChI=1S/C15H22N2O4.C2HF3O2/c1-16-4-6-17(7-5-16)14(15(18)19)11-8-12(20-2)10-13(9-11)21-3;3-2(4,5)1(6)7/h8-10,14H,4-7H2,1-3H3,(H,18,19);(H,6,7). The molecule has 8 nitrogen and oxygen atoms in total. The predicted molar refractivity (Wildman–Crippen MR) is 92.7 cm³/mol. The molecule has 1 saturated heterocycles. The Morgan fingerprint density at radius 1 is 1.00 bits per heavy atom. The van der Waals surface area contributed by atoms with Crippen LogP contribution in [-0.2, 0) is 9.59 Å². The molecule has 0 radical (unpaired) electrons. The number of carboxylic acid groups (broad SMARTS) is 2. The van der Waals surface area contributed by atoms with Gasteiger partial charge in [-0.25, -0.2) is 4.79 Å². The minimum atomic E-state index is -5.08. The number of carbonyl (C=O) groups is 2. The average molecular weight is 408 g/mol. The van der Waals surface area contributed by atoms with Gasteiger partial charge >= 0.3 is 18.1 Å². The van der Waals surface area contributed by atoms with Crippen LogP contribution in [0.4, 0.5) is 13.2 Å². The molecule has 0 spiro atoms. The van der Waals surface area contributed by atoms with Gasteiger partial charge in [-0.1, -0.05) is 0 Å². The van der Waals surface area contributed by atoms with Gasteiger partial charge in [-0.05, 0) is 24.7 Å². The highest BCUT2D eigenvalue weighted by atomic mass is 19.4. The molecule has 1 aromatic carbocycles. The van der Waals surface area contributed by atoms with Crippen molar-refractivity contribution in [2.45, 2.75) is 12.2 Å². The van der Waals surface area contributed by atoms with Crippen molar-refractivity contribution in [1.29, 1.82) is 0 Å². The van der Waals surface area contributed by atoms with Gasteiger partial charge in [0.15, 0.2) is 0 Å². The van der Waals surface area contributed by atoms with E-state index < -0.39 is 24.2 Å². The molecule has 0 aromatic heterocycles. The van der Waals surface area contributed by atoms with Crippen LogP contribution in [0.15, 0.2) is 18.2 Å². The zero-order valence-corrected chi connectivity index (χ0v) is 15.7. The summed E-state index contributed by atoms with van der Waals surface area (Å²) in [5.41, 5.74) is 0.684. The van der Waals surface area contributed by atoms with Crippen molar-refractivity contribution < 1.29 is 42.4 Å². The van der Waals surface area contributed by atoms with E-state index in [-0.39, 0.29) is 0 Å². The number of nitrogens with zero attached hydrogens (tertiary/aromatic N) is 2. The summed E-state index contributed by atoms with van der Waals surface area (Å²) in [6, 6.07) is 4.59. The van der Waals surface area contributed by atoms with E-state index in [9.17, 15) is 23.1 Å². The van der Waals surface area contributed by atoms with Crippen LogP contribution in [0.25, 0.3) is 0 Å².